The lowest BCUT2D eigenvalue weighted by molar-refractivity contribution is -0.384. The molecule has 0 saturated heterocycles. The monoisotopic (exact) mass is 271 g/mol. The third-order valence-electron chi connectivity index (χ3n) is 2.84. The zero-order valence-corrected chi connectivity index (χ0v) is 10.9. The summed E-state index contributed by atoms with van der Waals surface area (Å²) in [6.07, 6.45) is 1.03. The fourth-order valence-electron chi connectivity index (χ4n) is 1.78. The van der Waals surface area contributed by atoms with E-state index in [1.165, 1.54) is 17.7 Å². The van der Waals surface area contributed by atoms with E-state index in [1.807, 2.05) is 24.3 Å². The summed E-state index contributed by atoms with van der Waals surface area (Å²) < 4.78 is 5.52. The Morgan fingerprint density at radius 3 is 2.45 bits per heavy atom. The predicted molar refractivity (Wildman–Crippen MR) is 75.3 cm³/mol. The van der Waals surface area contributed by atoms with Gasteiger partial charge in [0.25, 0.3) is 5.69 Å². The maximum Gasteiger partial charge on any atom is 0.269 e. The van der Waals surface area contributed by atoms with Gasteiger partial charge in [-0.05, 0) is 30.2 Å². The van der Waals surface area contributed by atoms with Crippen molar-refractivity contribution >= 4 is 5.69 Å². The summed E-state index contributed by atoms with van der Waals surface area (Å²) in [5.41, 5.74) is 7.09. The van der Waals surface area contributed by atoms with Crippen molar-refractivity contribution < 1.29 is 9.66 Å². The largest absolute Gasteiger partial charge is 0.476 e. The molecule has 1 atom stereocenters. The van der Waals surface area contributed by atoms with Gasteiger partial charge in [-0.25, -0.2) is 0 Å². The number of ether oxygens (including phenoxy) is 1. The van der Waals surface area contributed by atoms with Crippen LogP contribution in [0, 0.1) is 16.2 Å². The summed E-state index contributed by atoms with van der Waals surface area (Å²) in [5.74, 6) is 0.532. The van der Waals surface area contributed by atoms with Crippen molar-refractivity contribution in [1.29, 1.82) is 0 Å². The van der Waals surface area contributed by atoms with Crippen LogP contribution in [0.4, 0.5) is 5.69 Å². The molecular formula is C15H15N2O3. The van der Waals surface area contributed by atoms with Gasteiger partial charge in [0.1, 0.15) is 12.0 Å². The molecule has 0 aliphatic carbocycles. The van der Waals surface area contributed by atoms with Crippen LogP contribution < -0.4 is 10.5 Å². The molecule has 2 aromatic carbocycles. The standard InChI is InChI=1S/C15H15N2O3/c16-15(11-6-12-4-2-1-3-5-12)20-14-9-7-13(8-10-14)17(18)19/h2-5,7-10,15H,6,11,16H2. The van der Waals surface area contributed by atoms with E-state index in [0.29, 0.717) is 12.2 Å². The topological polar surface area (TPSA) is 78.4 Å². The summed E-state index contributed by atoms with van der Waals surface area (Å²) in [7, 11) is 0. The highest BCUT2D eigenvalue weighted by Crippen LogP contribution is 2.18. The van der Waals surface area contributed by atoms with Crippen molar-refractivity contribution in [2.24, 2.45) is 5.73 Å². The molecule has 0 bridgehead atoms. The lowest BCUT2D eigenvalue weighted by atomic mass is 10.1. The molecule has 0 amide bonds. The van der Waals surface area contributed by atoms with Gasteiger partial charge in [0.15, 0.2) is 0 Å². The Morgan fingerprint density at radius 1 is 1.20 bits per heavy atom. The average Bonchev–Trinajstić information content (AvgIpc) is 2.47. The van der Waals surface area contributed by atoms with E-state index >= 15 is 0 Å². The lowest BCUT2D eigenvalue weighted by Gasteiger charge is -2.14. The summed E-state index contributed by atoms with van der Waals surface area (Å²) >= 11 is 0. The first-order valence-electron chi connectivity index (χ1n) is 6.27. The van der Waals surface area contributed by atoms with Crippen molar-refractivity contribution in [2.45, 2.75) is 19.1 Å². The molecular weight excluding hydrogens is 256 g/mol. The number of rotatable bonds is 6. The number of nitro groups is 1. The molecule has 0 aromatic heterocycles. The SMILES string of the molecule is NC(CCc1cc[c]cc1)Oc1ccc([N+](=O)[O-])cc1. The smallest absolute Gasteiger partial charge is 0.269 e. The molecule has 2 N–H and O–H groups in total. The molecule has 0 fully saturated rings. The Kier molecular flexibility index (Phi) is 4.68. The molecule has 103 valence electrons. The highest BCUT2D eigenvalue weighted by atomic mass is 16.6. The highest BCUT2D eigenvalue weighted by Gasteiger charge is 2.08. The Labute approximate surface area is 117 Å². The molecule has 0 aliphatic heterocycles. The molecule has 0 aliphatic rings. The van der Waals surface area contributed by atoms with E-state index in [4.69, 9.17) is 10.5 Å². The Morgan fingerprint density at radius 2 is 1.85 bits per heavy atom. The number of nitrogens with zero attached hydrogens (tertiary/aromatic N) is 1. The number of hydrogen-bond acceptors (Lipinski definition) is 4. The van der Waals surface area contributed by atoms with Crippen LogP contribution in [-0.4, -0.2) is 11.2 Å². The van der Waals surface area contributed by atoms with Crippen LogP contribution in [0.3, 0.4) is 0 Å². The van der Waals surface area contributed by atoms with E-state index in [9.17, 15) is 10.1 Å². The molecule has 5 heteroatoms. The van der Waals surface area contributed by atoms with Gasteiger partial charge in [-0.2, -0.15) is 0 Å². The van der Waals surface area contributed by atoms with Crippen LogP contribution in [0.5, 0.6) is 5.75 Å². The van der Waals surface area contributed by atoms with Crippen molar-refractivity contribution in [3.63, 3.8) is 0 Å². The number of nitrogens with two attached hydrogens (primary N) is 1. The summed E-state index contributed by atoms with van der Waals surface area (Å²) in [5, 5.41) is 10.5. The quantitative estimate of drug-likeness (QED) is 0.497. The molecule has 20 heavy (non-hydrogen) atoms. The van der Waals surface area contributed by atoms with Crippen LogP contribution in [0.15, 0.2) is 48.5 Å². The Bertz CT molecular complexity index is 555. The van der Waals surface area contributed by atoms with E-state index in [2.05, 4.69) is 6.07 Å². The second-order valence-electron chi connectivity index (χ2n) is 4.35. The molecule has 1 radical (unpaired) electrons. The minimum Gasteiger partial charge on any atom is -0.476 e. The lowest BCUT2D eigenvalue weighted by Crippen LogP contribution is -2.27. The second-order valence-corrected chi connectivity index (χ2v) is 4.35. The van der Waals surface area contributed by atoms with E-state index in [-0.39, 0.29) is 5.69 Å². The Balaban J connectivity index is 1.85. The molecule has 2 aromatic rings. The number of benzene rings is 2. The van der Waals surface area contributed by atoms with Gasteiger partial charge >= 0.3 is 0 Å². The van der Waals surface area contributed by atoms with Gasteiger partial charge in [-0.15, -0.1) is 0 Å². The average molecular weight is 271 g/mol. The number of non-ortho nitro benzene ring substituents is 1. The van der Waals surface area contributed by atoms with E-state index in [0.717, 1.165) is 6.42 Å². The van der Waals surface area contributed by atoms with Crippen molar-refractivity contribution in [2.75, 3.05) is 0 Å². The summed E-state index contributed by atoms with van der Waals surface area (Å²) in [4.78, 5) is 10.1. The fraction of sp³-hybridized carbons (Fsp3) is 0.200. The van der Waals surface area contributed by atoms with Crippen LogP contribution in [-0.2, 0) is 6.42 Å². The minimum atomic E-state index is -0.448. The number of hydrogen-bond donors (Lipinski definition) is 1. The number of aryl methyl sites for hydroxylation is 1. The van der Waals surface area contributed by atoms with Gasteiger partial charge in [-0.3, -0.25) is 15.8 Å². The number of nitro benzene ring substituents is 1. The van der Waals surface area contributed by atoms with E-state index < -0.39 is 11.2 Å². The van der Waals surface area contributed by atoms with Gasteiger partial charge < -0.3 is 4.74 Å². The van der Waals surface area contributed by atoms with Crippen LogP contribution in [0.25, 0.3) is 0 Å². The van der Waals surface area contributed by atoms with Gasteiger partial charge in [0.2, 0.25) is 0 Å². The molecule has 1 unspecified atom stereocenters. The predicted octanol–water partition coefficient (Wildman–Crippen LogP) is 2.69. The summed E-state index contributed by atoms with van der Waals surface area (Å²) in [6, 6.07) is 16.5. The minimum absolute atomic E-state index is 0.0338. The maximum absolute atomic E-state index is 10.5. The highest BCUT2D eigenvalue weighted by molar-refractivity contribution is 5.36. The van der Waals surface area contributed by atoms with Crippen LogP contribution >= 0.6 is 0 Å². The first-order valence-corrected chi connectivity index (χ1v) is 6.27. The summed E-state index contributed by atoms with van der Waals surface area (Å²) in [6.45, 7) is 0. The van der Waals surface area contributed by atoms with Gasteiger partial charge in [-0.1, -0.05) is 24.3 Å². The third-order valence-corrected chi connectivity index (χ3v) is 2.84. The first-order chi connectivity index (χ1) is 9.65. The molecule has 0 heterocycles. The van der Waals surface area contributed by atoms with Crippen molar-refractivity contribution in [3.8, 4) is 5.75 Å². The van der Waals surface area contributed by atoms with Crippen LogP contribution in [0.2, 0.25) is 0 Å². The fourth-order valence-corrected chi connectivity index (χ4v) is 1.78. The zero-order chi connectivity index (χ0) is 14.4. The second kappa shape index (κ2) is 6.68. The molecule has 2 rings (SSSR count). The molecule has 0 spiro atoms. The molecule has 5 nitrogen and oxygen atoms in total. The Hall–Kier alpha value is -2.40. The first kappa shape index (κ1) is 14.0. The van der Waals surface area contributed by atoms with Crippen molar-refractivity contribution in [3.05, 3.63) is 70.3 Å². The molecule has 0 saturated carbocycles. The van der Waals surface area contributed by atoms with Gasteiger partial charge in [0, 0.05) is 18.6 Å². The van der Waals surface area contributed by atoms with Gasteiger partial charge in [0.05, 0.1) is 4.92 Å². The van der Waals surface area contributed by atoms with E-state index in [1.54, 1.807) is 12.1 Å². The van der Waals surface area contributed by atoms with Crippen molar-refractivity contribution in [1.82, 2.24) is 0 Å². The van der Waals surface area contributed by atoms with Crippen LogP contribution in [0.1, 0.15) is 12.0 Å². The maximum atomic E-state index is 10.5. The normalized spacial score (nSPS) is 11.8. The zero-order valence-electron chi connectivity index (χ0n) is 10.9. The third kappa shape index (κ3) is 4.07.